The highest BCUT2D eigenvalue weighted by Gasteiger charge is 2.19. The summed E-state index contributed by atoms with van der Waals surface area (Å²) in [4.78, 5) is 29.6. The summed E-state index contributed by atoms with van der Waals surface area (Å²) in [5.41, 5.74) is 2.35. The number of hydrogen-bond acceptors (Lipinski definition) is 4. The maximum Gasteiger partial charge on any atom is 0.313 e. The van der Waals surface area contributed by atoms with Gasteiger partial charge in [-0.1, -0.05) is 17.7 Å². The molecule has 0 unspecified atom stereocenters. The summed E-state index contributed by atoms with van der Waals surface area (Å²) in [6.45, 7) is 3.75. The molecule has 1 atom stereocenters. The zero-order valence-corrected chi connectivity index (χ0v) is 15.2. The number of nitrogens with one attached hydrogen (secondary N) is 2. The summed E-state index contributed by atoms with van der Waals surface area (Å²) < 4.78 is 0.638. The number of carbonyl (C=O) groups is 2. The van der Waals surface area contributed by atoms with Crippen LogP contribution in [0.4, 0.5) is 5.69 Å². The largest absolute Gasteiger partial charge is 0.340 e. The summed E-state index contributed by atoms with van der Waals surface area (Å²) in [5.74, 6) is -1.42. The Morgan fingerprint density at radius 2 is 1.96 bits per heavy atom. The quantitative estimate of drug-likeness (QED) is 0.680. The van der Waals surface area contributed by atoms with Crippen LogP contribution in [0.3, 0.4) is 0 Å². The Balaban J connectivity index is 1.74. The van der Waals surface area contributed by atoms with Crippen molar-refractivity contribution in [2.45, 2.75) is 19.9 Å². The van der Waals surface area contributed by atoms with Crippen LogP contribution in [0, 0.1) is 6.92 Å². The van der Waals surface area contributed by atoms with E-state index >= 15 is 0 Å². The highest BCUT2D eigenvalue weighted by Crippen LogP contribution is 2.27. The van der Waals surface area contributed by atoms with Gasteiger partial charge in [-0.3, -0.25) is 14.6 Å². The van der Waals surface area contributed by atoms with E-state index in [0.29, 0.717) is 10.0 Å². The molecule has 128 valence electrons. The lowest BCUT2D eigenvalue weighted by Gasteiger charge is -2.13. The van der Waals surface area contributed by atoms with E-state index in [-0.39, 0.29) is 6.04 Å². The lowest BCUT2D eigenvalue weighted by molar-refractivity contribution is -0.136. The maximum atomic E-state index is 12.2. The first kappa shape index (κ1) is 17.4. The van der Waals surface area contributed by atoms with Gasteiger partial charge in [0.05, 0.1) is 21.6 Å². The smallest absolute Gasteiger partial charge is 0.313 e. The van der Waals surface area contributed by atoms with Crippen LogP contribution >= 0.6 is 22.9 Å². The molecule has 5 nitrogen and oxygen atoms in total. The van der Waals surface area contributed by atoms with Crippen molar-refractivity contribution in [1.82, 2.24) is 10.3 Å². The fourth-order valence-corrected chi connectivity index (χ4v) is 3.56. The first-order valence-electron chi connectivity index (χ1n) is 7.67. The van der Waals surface area contributed by atoms with Crippen molar-refractivity contribution in [2.75, 3.05) is 5.32 Å². The molecule has 0 radical (unpaired) electrons. The summed E-state index contributed by atoms with van der Waals surface area (Å²) >= 11 is 7.27. The van der Waals surface area contributed by atoms with Crippen molar-refractivity contribution in [1.29, 1.82) is 0 Å². The Hall–Kier alpha value is -2.44. The molecule has 3 rings (SSSR count). The van der Waals surface area contributed by atoms with Crippen molar-refractivity contribution < 1.29 is 9.59 Å². The number of aryl methyl sites for hydroxylation is 1. The zero-order valence-electron chi connectivity index (χ0n) is 13.7. The van der Waals surface area contributed by atoms with E-state index < -0.39 is 11.8 Å². The van der Waals surface area contributed by atoms with Gasteiger partial charge in [-0.15, -0.1) is 11.3 Å². The zero-order chi connectivity index (χ0) is 18.0. The van der Waals surface area contributed by atoms with Gasteiger partial charge >= 0.3 is 11.8 Å². The molecule has 1 aromatic carbocycles. The standard InChI is InChI=1S/C18H16ClN3O2S/c1-10-5-6-13(12-4-3-9-20-16(10)12)22-18(24)17(23)21-11(2)14-7-8-15(19)25-14/h3-9,11H,1-2H3,(H,21,23)(H,22,24)/t11-/m0/s1. The van der Waals surface area contributed by atoms with E-state index in [2.05, 4.69) is 15.6 Å². The number of aromatic nitrogens is 1. The minimum atomic E-state index is -0.719. The normalized spacial score (nSPS) is 12.0. The monoisotopic (exact) mass is 373 g/mol. The minimum Gasteiger partial charge on any atom is -0.340 e. The molecule has 0 saturated carbocycles. The van der Waals surface area contributed by atoms with Crippen LogP contribution in [-0.4, -0.2) is 16.8 Å². The van der Waals surface area contributed by atoms with Gasteiger partial charge in [-0.05, 0) is 49.7 Å². The van der Waals surface area contributed by atoms with Gasteiger partial charge in [-0.25, -0.2) is 0 Å². The van der Waals surface area contributed by atoms with Crippen LogP contribution in [0.15, 0.2) is 42.6 Å². The Kier molecular flexibility index (Phi) is 5.01. The Bertz CT molecular complexity index is 954. The second-order valence-corrected chi connectivity index (χ2v) is 7.37. The molecule has 0 spiro atoms. The number of anilines is 1. The summed E-state index contributed by atoms with van der Waals surface area (Å²) in [6.07, 6.45) is 1.70. The third-order valence-corrected chi connectivity index (χ3v) is 5.21. The number of pyridine rings is 1. The molecule has 7 heteroatoms. The van der Waals surface area contributed by atoms with Crippen molar-refractivity contribution >= 4 is 51.3 Å². The molecule has 0 aliphatic heterocycles. The molecule has 2 amide bonds. The van der Waals surface area contributed by atoms with Crippen LogP contribution < -0.4 is 10.6 Å². The molecular formula is C18H16ClN3O2S. The number of amides is 2. The predicted octanol–water partition coefficient (Wildman–Crippen LogP) is 4.07. The number of carbonyl (C=O) groups excluding carboxylic acids is 2. The van der Waals surface area contributed by atoms with Gasteiger partial charge in [0.1, 0.15) is 0 Å². The third kappa shape index (κ3) is 3.81. The molecule has 0 saturated heterocycles. The van der Waals surface area contributed by atoms with E-state index in [0.717, 1.165) is 21.3 Å². The minimum absolute atomic E-state index is 0.299. The van der Waals surface area contributed by atoms with Gasteiger partial charge in [-0.2, -0.15) is 0 Å². The van der Waals surface area contributed by atoms with Crippen LogP contribution in [0.1, 0.15) is 23.4 Å². The molecule has 3 aromatic rings. The number of rotatable bonds is 3. The third-order valence-electron chi connectivity index (χ3n) is 3.79. The fourth-order valence-electron chi connectivity index (χ4n) is 2.50. The lowest BCUT2D eigenvalue weighted by atomic mass is 10.1. The molecular weight excluding hydrogens is 358 g/mol. The van der Waals surface area contributed by atoms with E-state index in [4.69, 9.17) is 11.6 Å². The summed E-state index contributed by atoms with van der Waals surface area (Å²) in [5, 5.41) is 6.13. The average molecular weight is 374 g/mol. The number of fused-ring (bicyclic) bond motifs is 1. The fraction of sp³-hybridized carbons (Fsp3) is 0.167. The van der Waals surface area contributed by atoms with Crippen LogP contribution in [0.2, 0.25) is 4.34 Å². The lowest BCUT2D eigenvalue weighted by Crippen LogP contribution is -2.36. The molecule has 2 heterocycles. The van der Waals surface area contributed by atoms with Gasteiger partial charge in [0.25, 0.3) is 0 Å². The molecule has 2 N–H and O–H groups in total. The maximum absolute atomic E-state index is 12.2. The van der Waals surface area contributed by atoms with Crippen LogP contribution in [0.25, 0.3) is 10.9 Å². The second kappa shape index (κ2) is 7.21. The Morgan fingerprint density at radius 1 is 1.16 bits per heavy atom. The van der Waals surface area contributed by atoms with Crippen molar-refractivity contribution in [3.8, 4) is 0 Å². The molecule has 0 bridgehead atoms. The van der Waals surface area contributed by atoms with Gasteiger partial charge in [0.2, 0.25) is 0 Å². The highest BCUT2D eigenvalue weighted by molar-refractivity contribution is 7.16. The van der Waals surface area contributed by atoms with Crippen LogP contribution in [-0.2, 0) is 9.59 Å². The number of benzene rings is 1. The van der Waals surface area contributed by atoms with Gasteiger partial charge < -0.3 is 10.6 Å². The Labute approximate surface area is 154 Å². The first-order valence-corrected chi connectivity index (χ1v) is 8.86. The summed E-state index contributed by atoms with van der Waals surface area (Å²) in [7, 11) is 0. The van der Waals surface area contributed by atoms with Crippen LogP contribution in [0.5, 0.6) is 0 Å². The second-order valence-electron chi connectivity index (χ2n) is 5.62. The number of halogens is 1. The SMILES string of the molecule is Cc1ccc(NC(=O)C(=O)N[C@@H](C)c2ccc(Cl)s2)c2cccnc12. The van der Waals surface area contributed by atoms with E-state index in [1.807, 2.05) is 25.1 Å². The Morgan fingerprint density at radius 3 is 2.68 bits per heavy atom. The summed E-state index contributed by atoms with van der Waals surface area (Å²) in [6, 6.07) is 10.6. The van der Waals surface area contributed by atoms with E-state index in [1.165, 1.54) is 11.3 Å². The number of nitrogens with zero attached hydrogens (tertiary/aromatic N) is 1. The van der Waals surface area contributed by atoms with Gasteiger partial charge in [0.15, 0.2) is 0 Å². The van der Waals surface area contributed by atoms with Crippen molar-refractivity contribution in [3.63, 3.8) is 0 Å². The molecule has 25 heavy (non-hydrogen) atoms. The number of thiophene rings is 1. The molecule has 0 aliphatic carbocycles. The number of hydrogen-bond donors (Lipinski definition) is 2. The van der Waals surface area contributed by atoms with Crippen molar-refractivity contribution in [2.24, 2.45) is 0 Å². The first-order chi connectivity index (χ1) is 12.0. The molecule has 0 aliphatic rings. The van der Waals surface area contributed by atoms with Gasteiger partial charge in [0, 0.05) is 16.5 Å². The topological polar surface area (TPSA) is 71.1 Å². The highest BCUT2D eigenvalue weighted by atomic mass is 35.5. The molecule has 2 aromatic heterocycles. The van der Waals surface area contributed by atoms with E-state index in [1.54, 1.807) is 31.3 Å². The molecule has 0 fully saturated rings. The van der Waals surface area contributed by atoms with E-state index in [9.17, 15) is 9.59 Å². The average Bonchev–Trinajstić information content (AvgIpc) is 3.04. The predicted molar refractivity (Wildman–Crippen MR) is 101 cm³/mol. The van der Waals surface area contributed by atoms with Crippen molar-refractivity contribution in [3.05, 3.63) is 57.4 Å².